The number of nitrogens with zero attached hydrogens (tertiary/aromatic N) is 1. The minimum absolute atomic E-state index is 0.0107. The molecule has 58 heavy (non-hydrogen) atoms. The van der Waals surface area contributed by atoms with E-state index >= 15 is 0 Å². The summed E-state index contributed by atoms with van der Waals surface area (Å²) < 4.78 is 42.1. The second-order valence-electron chi connectivity index (χ2n) is 15.9. The average molecular weight is 824 g/mol. The molecular weight excluding hydrogens is 762 g/mol. The lowest BCUT2D eigenvalue weighted by Crippen LogP contribution is -2.69. The molecule has 19 nitrogen and oxygen atoms in total. The summed E-state index contributed by atoms with van der Waals surface area (Å²) in [6.45, 7) is 11.7. The van der Waals surface area contributed by atoms with Gasteiger partial charge in [0.15, 0.2) is 18.3 Å². The molecule has 4 aliphatic rings. The molecule has 4 saturated heterocycles. The van der Waals surface area contributed by atoms with Crippen molar-refractivity contribution in [3.05, 3.63) is 36.5 Å². The van der Waals surface area contributed by atoms with Gasteiger partial charge in [0.1, 0.15) is 25.0 Å². The molecule has 4 aliphatic heterocycles. The molecule has 0 saturated carbocycles. The molecule has 2 amide bonds. The van der Waals surface area contributed by atoms with Gasteiger partial charge in [-0.25, -0.2) is 4.79 Å². The first kappa shape index (κ1) is 46.9. The highest BCUT2D eigenvalue weighted by molar-refractivity contribution is 5.96. The molecule has 4 fully saturated rings. The first-order valence-electron chi connectivity index (χ1n) is 19.5. The van der Waals surface area contributed by atoms with Crippen LogP contribution >= 0.6 is 0 Å². The summed E-state index contributed by atoms with van der Waals surface area (Å²) in [7, 11) is 2.90. The number of carbonyl (C=O) groups is 4. The fourth-order valence-corrected chi connectivity index (χ4v) is 7.88. The van der Waals surface area contributed by atoms with E-state index in [9.17, 15) is 34.5 Å². The van der Waals surface area contributed by atoms with Gasteiger partial charge in [0.2, 0.25) is 23.3 Å². The van der Waals surface area contributed by atoms with E-state index in [1.165, 1.54) is 19.3 Å². The van der Waals surface area contributed by atoms with Crippen molar-refractivity contribution in [3.8, 4) is 0 Å². The number of fused-ring (bicyclic) bond motifs is 1. The average Bonchev–Trinajstić information content (AvgIpc) is 3.16. The van der Waals surface area contributed by atoms with E-state index in [0.717, 1.165) is 17.7 Å². The summed E-state index contributed by atoms with van der Waals surface area (Å²) in [4.78, 5) is 54.5. The number of aliphatic hydroxyl groups excluding tert-OH is 1. The Morgan fingerprint density at radius 2 is 1.79 bits per heavy atom. The van der Waals surface area contributed by atoms with Crippen molar-refractivity contribution in [3.63, 3.8) is 0 Å². The number of ether oxygens (including phenoxy) is 7. The van der Waals surface area contributed by atoms with Crippen molar-refractivity contribution in [2.75, 3.05) is 27.6 Å². The number of carbonyl (C=O) groups excluding carboxylic acids is 3. The van der Waals surface area contributed by atoms with Crippen molar-refractivity contribution in [2.45, 2.75) is 139 Å². The maximum atomic E-state index is 13.6. The van der Waals surface area contributed by atoms with E-state index in [1.807, 2.05) is 27.7 Å². The molecule has 12 atom stereocenters. The number of aliphatic imine (C=N–C) groups is 1. The number of amides is 2. The van der Waals surface area contributed by atoms with Crippen LogP contribution in [0, 0.1) is 11.3 Å². The Labute approximate surface area is 338 Å². The first-order valence-corrected chi connectivity index (χ1v) is 19.5. The highest BCUT2D eigenvalue weighted by Crippen LogP contribution is 2.45. The van der Waals surface area contributed by atoms with Gasteiger partial charge in [-0.15, -0.1) is 0 Å². The molecule has 12 unspecified atom stereocenters. The number of rotatable bonds is 17. The number of carboxylic acid groups (broad SMARTS) is 1. The van der Waals surface area contributed by atoms with Crippen LogP contribution in [0.5, 0.6) is 0 Å². The maximum absolute atomic E-state index is 13.6. The Kier molecular flexibility index (Phi) is 16.2. The van der Waals surface area contributed by atoms with Crippen molar-refractivity contribution >= 4 is 29.5 Å². The van der Waals surface area contributed by atoms with Crippen LogP contribution in [-0.2, 0) is 52.3 Å². The minimum Gasteiger partial charge on any atom is -0.480 e. The number of aliphatic hydroxyl groups is 2. The van der Waals surface area contributed by atoms with Crippen LogP contribution in [0.1, 0.15) is 72.6 Å². The molecule has 0 aromatic heterocycles. The van der Waals surface area contributed by atoms with E-state index in [0.29, 0.717) is 19.3 Å². The van der Waals surface area contributed by atoms with Gasteiger partial charge in [-0.1, -0.05) is 45.1 Å². The Bertz CT molecular complexity index is 1580. The van der Waals surface area contributed by atoms with Crippen LogP contribution in [0.2, 0.25) is 0 Å². The summed E-state index contributed by atoms with van der Waals surface area (Å²) in [5.74, 6) is -7.46. The Morgan fingerprint density at radius 1 is 1.09 bits per heavy atom. The van der Waals surface area contributed by atoms with E-state index < -0.39 is 89.4 Å². The zero-order chi connectivity index (χ0) is 43.0. The van der Waals surface area contributed by atoms with Crippen molar-refractivity contribution < 1.29 is 67.7 Å². The molecule has 9 N–H and O–H groups in total. The minimum atomic E-state index is -2.16. The molecule has 4 heterocycles. The van der Waals surface area contributed by atoms with E-state index in [-0.39, 0.29) is 57.0 Å². The molecule has 19 heteroatoms. The smallest absolute Gasteiger partial charge is 0.326 e. The van der Waals surface area contributed by atoms with Gasteiger partial charge >= 0.3 is 5.97 Å². The topological polar surface area (TPSA) is 282 Å². The Balaban J connectivity index is 1.40. The second kappa shape index (κ2) is 20.0. The monoisotopic (exact) mass is 823 g/mol. The van der Waals surface area contributed by atoms with E-state index in [1.54, 1.807) is 7.11 Å². The van der Waals surface area contributed by atoms with Crippen molar-refractivity contribution in [2.24, 2.45) is 27.8 Å². The van der Waals surface area contributed by atoms with Crippen LogP contribution in [0.3, 0.4) is 0 Å². The summed E-state index contributed by atoms with van der Waals surface area (Å²) in [5.41, 5.74) is 10.6. The van der Waals surface area contributed by atoms with E-state index in [4.69, 9.17) is 44.6 Å². The molecule has 0 radical (unpaired) electrons. The highest BCUT2D eigenvalue weighted by atomic mass is 16.7. The third-order valence-electron chi connectivity index (χ3n) is 11.5. The fraction of sp³-hybridized carbons (Fsp3) is 0.718. The maximum Gasteiger partial charge on any atom is 0.326 e. The molecule has 4 rings (SSSR count). The Hall–Kier alpha value is -3.79. The number of nitrogens with two attached hydrogens (primary N) is 2. The zero-order valence-electron chi connectivity index (χ0n) is 34.1. The summed E-state index contributed by atoms with van der Waals surface area (Å²) in [6.07, 6.45) is -0.305. The molecule has 326 valence electrons. The molecule has 0 bridgehead atoms. The Morgan fingerprint density at radius 3 is 2.43 bits per heavy atom. The quantitative estimate of drug-likeness (QED) is 0.0259. The van der Waals surface area contributed by atoms with Gasteiger partial charge < -0.3 is 70.6 Å². The predicted octanol–water partition coefficient (Wildman–Crippen LogP) is 0.267. The van der Waals surface area contributed by atoms with Crippen molar-refractivity contribution in [1.82, 2.24) is 10.6 Å². The van der Waals surface area contributed by atoms with Gasteiger partial charge in [-0.2, -0.15) is 0 Å². The zero-order valence-corrected chi connectivity index (χ0v) is 34.1. The lowest BCUT2D eigenvalue weighted by molar-refractivity contribution is -0.335. The highest BCUT2D eigenvalue weighted by Gasteiger charge is 2.58. The van der Waals surface area contributed by atoms with Gasteiger partial charge in [-0.3, -0.25) is 19.4 Å². The third-order valence-corrected chi connectivity index (χ3v) is 11.5. The summed E-state index contributed by atoms with van der Waals surface area (Å²) >= 11 is 0. The third kappa shape index (κ3) is 11.1. The van der Waals surface area contributed by atoms with Crippen LogP contribution < -0.4 is 22.1 Å². The summed E-state index contributed by atoms with van der Waals surface area (Å²) in [6, 6.07) is -1.18. The number of ketones is 1. The SMILES string of the molecule is C=C1CC(OC)(C(O)C(=O)NC2OCOC3C2OC(CC2CCCC(O)(C(=O)C=CC=CC(=O)NC(CCCN=C(N)N)C(=O)O)O2)C(C)(C)C3OC)OC(C)C1C. The number of aliphatic carboxylic acids is 1. The largest absolute Gasteiger partial charge is 0.480 e. The van der Waals surface area contributed by atoms with Crippen LogP contribution in [-0.4, -0.2) is 139 Å². The van der Waals surface area contributed by atoms with E-state index in [2.05, 4.69) is 22.2 Å². The van der Waals surface area contributed by atoms with Gasteiger partial charge in [0, 0.05) is 57.4 Å². The van der Waals surface area contributed by atoms with Gasteiger partial charge in [0.25, 0.3) is 5.91 Å². The lowest BCUT2D eigenvalue weighted by Gasteiger charge is -2.55. The number of allylic oxidation sites excluding steroid dienone is 2. The second-order valence-corrected chi connectivity index (χ2v) is 15.9. The van der Waals surface area contributed by atoms with Crippen LogP contribution in [0.4, 0.5) is 0 Å². The number of guanidine groups is 1. The number of hydrogen-bond donors (Lipinski definition) is 7. The summed E-state index contributed by atoms with van der Waals surface area (Å²) in [5, 5.41) is 37.2. The number of nitrogens with one attached hydrogen (secondary N) is 2. The standard InChI is InChI=1S/C39H61N5O14/c1-21-19-39(53-7,57-23(3)22(21)2)31(47)33(48)44-34-30-29(54-20-55-34)32(52-6)37(4,5)27(56-30)18-24-12-10-16-38(51,58-24)26(45)14-8-9-15-28(46)43-25(35(49)50)13-11-17-42-36(40)41/h8-9,14-15,22-25,27,29-32,34,47,51H,1,10-13,16-20H2,2-7H3,(H,43,46)(H,44,48)(H,49,50)(H4,40,41,42). The fourth-order valence-electron chi connectivity index (χ4n) is 7.88. The van der Waals surface area contributed by atoms with Gasteiger partial charge in [-0.05, 0) is 38.7 Å². The normalized spacial score (nSPS) is 34.8. The molecule has 0 spiro atoms. The van der Waals surface area contributed by atoms with Crippen LogP contribution in [0.15, 0.2) is 41.4 Å². The predicted molar refractivity (Wildman–Crippen MR) is 206 cm³/mol. The van der Waals surface area contributed by atoms with Crippen molar-refractivity contribution in [1.29, 1.82) is 0 Å². The first-order chi connectivity index (χ1) is 27.3. The van der Waals surface area contributed by atoms with Gasteiger partial charge in [0.05, 0.1) is 24.4 Å². The molecule has 0 aromatic rings. The molecule has 0 aromatic carbocycles. The lowest BCUT2D eigenvalue weighted by atomic mass is 9.72. The molecular formula is C39H61N5O14. The molecule has 0 aliphatic carbocycles. The van der Waals surface area contributed by atoms with Crippen LogP contribution in [0.25, 0.3) is 0 Å². The number of methoxy groups -OCH3 is 2. The number of hydrogen-bond acceptors (Lipinski definition) is 14. The number of carboxylic acids is 1.